The van der Waals surface area contributed by atoms with Crippen molar-refractivity contribution in [3.05, 3.63) is 67.9 Å². The Labute approximate surface area is 137 Å². The van der Waals surface area contributed by atoms with Crippen molar-refractivity contribution in [1.29, 1.82) is 0 Å². The monoisotopic (exact) mass is 417 g/mol. The largest absolute Gasteiger partial charge is 0.482 e. The second-order valence-electron chi connectivity index (χ2n) is 4.23. The molecule has 21 heavy (non-hydrogen) atoms. The van der Waals surface area contributed by atoms with Gasteiger partial charge in [-0.15, -0.1) is 0 Å². The van der Waals surface area contributed by atoms with Gasteiger partial charge in [-0.25, -0.2) is 4.39 Å². The number of nitro benzene ring substituents is 1. The molecule has 0 aliphatic heterocycles. The third-order valence-corrected chi connectivity index (χ3v) is 4.01. The summed E-state index contributed by atoms with van der Waals surface area (Å²) in [6.07, 6.45) is 0. The number of nitro groups is 1. The number of hydrogen-bond donors (Lipinski definition) is 0. The van der Waals surface area contributed by atoms with Gasteiger partial charge in [0.25, 0.3) is 0 Å². The molecule has 2 aromatic carbocycles. The summed E-state index contributed by atoms with van der Waals surface area (Å²) in [6, 6.07) is 9.23. The molecule has 0 N–H and O–H groups in total. The van der Waals surface area contributed by atoms with Crippen LogP contribution in [-0.4, -0.2) is 4.92 Å². The van der Waals surface area contributed by atoms with Gasteiger partial charge in [0.2, 0.25) is 0 Å². The van der Waals surface area contributed by atoms with Gasteiger partial charge in [-0.1, -0.05) is 28.1 Å². The lowest BCUT2D eigenvalue weighted by Crippen LogP contribution is -2.00. The van der Waals surface area contributed by atoms with E-state index in [1.807, 2.05) is 0 Å². The van der Waals surface area contributed by atoms with Crippen molar-refractivity contribution in [2.45, 2.75) is 11.9 Å². The van der Waals surface area contributed by atoms with E-state index >= 15 is 0 Å². The van der Waals surface area contributed by atoms with Gasteiger partial charge >= 0.3 is 5.69 Å². The van der Waals surface area contributed by atoms with Gasteiger partial charge < -0.3 is 4.74 Å². The average molecular weight is 419 g/mol. The van der Waals surface area contributed by atoms with Crippen LogP contribution in [0.2, 0.25) is 0 Å². The maximum Gasteiger partial charge on any atom is 0.311 e. The standard InChI is InChI=1S/C14H10Br2FNO3/c15-7-9-2-4-14(13(6-9)18(19)20)21-8-10-1-3-12(17)11(16)5-10/h1-6H,7-8H2. The van der Waals surface area contributed by atoms with Crippen LogP contribution in [0.15, 0.2) is 40.9 Å². The number of rotatable bonds is 5. The molecule has 0 saturated carbocycles. The molecule has 0 atom stereocenters. The molecule has 0 aliphatic rings. The molecule has 0 aromatic heterocycles. The highest BCUT2D eigenvalue weighted by atomic mass is 79.9. The van der Waals surface area contributed by atoms with Crippen LogP contribution in [0.4, 0.5) is 10.1 Å². The molecule has 0 spiro atoms. The van der Waals surface area contributed by atoms with Crippen LogP contribution in [0, 0.1) is 15.9 Å². The van der Waals surface area contributed by atoms with Crippen molar-refractivity contribution in [1.82, 2.24) is 0 Å². The summed E-state index contributed by atoms with van der Waals surface area (Å²) in [5.74, 6) is -0.184. The molecular weight excluding hydrogens is 409 g/mol. The Bertz CT molecular complexity index is 679. The van der Waals surface area contributed by atoms with Gasteiger partial charge in [0.1, 0.15) is 12.4 Å². The van der Waals surface area contributed by atoms with E-state index in [0.717, 1.165) is 5.56 Å². The van der Waals surface area contributed by atoms with Crippen molar-refractivity contribution in [2.24, 2.45) is 0 Å². The first kappa shape index (κ1) is 15.9. The number of ether oxygens (including phenoxy) is 1. The summed E-state index contributed by atoms with van der Waals surface area (Å²) in [5.41, 5.74) is 1.41. The number of alkyl halides is 1. The molecule has 2 aromatic rings. The highest BCUT2D eigenvalue weighted by molar-refractivity contribution is 9.10. The number of nitrogens with zero attached hydrogens (tertiary/aromatic N) is 1. The van der Waals surface area contributed by atoms with Gasteiger partial charge in [0.05, 0.1) is 9.40 Å². The average Bonchev–Trinajstić information content (AvgIpc) is 2.48. The van der Waals surface area contributed by atoms with Crippen LogP contribution < -0.4 is 4.74 Å². The number of halogens is 3. The molecular formula is C14H10Br2FNO3. The van der Waals surface area contributed by atoms with E-state index in [2.05, 4.69) is 31.9 Å². The predicted molar refractivity (Wildman–Crippen MR) is 84.2 cm³/mol. The van der Waals surface area contributed by atoms with E-state index in [1.165, 1.54) is 12.1 Å². The SMILES string of the molecule is O=[N+]([O-])c1cc(CBr)ccc1OCc1ccc(F)c(Br)c1. The van der Waals surface area contributed by atoms with E-state index in [1.54, 1.807) is 24.3 Å². The van der Waals surface area contributed by atoms with Crippen LogP contribution in [0.3, 0.4) is 0 Å². The Morgan fingerprint density at radius 1 is 1.19 bits per heavy atom. The summed E-state index contributed by atoms with van der Waals surface area (Å²) in [6.45, 7) is 0.118. The zero-order valence-electron chi connectivity index (χ0n) is 10.7. The van der Waals surface area contributed by atoms with Crippen LogP contribution in [0.5, 0.6) is 5.75 Å². The Balaban J connectivity index is 2.19. The second kappa shape index (κ2) is 7.00. The normalized spacial score (nSPS) is 10.4. The molecule has 0 saturated heterocycles. The highest BCUT2D eigenvalue weighted by Crippen LogP contribution is 2.29. The molecule has 0 fully saturated rings. The molecule has 0 bridgehead atoms. The topological polar surface area (TPSA) is 52.4 Å². The van der Waals surface area contributed by atoms with Crippen LogP contribution in [-0.2, 0) is 11.9 Å². The molecule has 0 heterocycles. The third-order valence-electron chi connectivity index (χ3n) is 2.75. The fraction of sp³-hybridized carbons (Fsp3) is 0.143. The lowest BCUT2D eigenvalue weighted by atomic mass is 10.2. The minimum atomic E-state index is -0.484. The Hall–Kier alpha value is -1.47. The molecule has 2 rings (SSSR count). The maximum absolute atomic E-state index is 13.1. The third kappa shape index (κ3) is 4.01. The fourth-order valence-corrected chi connectivity index (χ4v) is 2.48. The summed E-state index contributed by atoms with van der Waals surface area (Å²) < 4.78 is 18.9. The molecule has 0 amide bonds. The molecule has 110 valence electrons. The summed E-state index contributed by atoms with van der Waals surface area (Å²) >= 11 is 6.34. The number of hydrogen-bond acceptors (Lipinski definition) is 3. The van der Waals surface area contributed by atoms with Gasteiger partial charge in [-0.05, 0) is 45.3 Å². The Morgan fingerprint density at radius 2 is 1.90 bits per heavy atom. The molecule has 0 unspecified atom stereocenters. The summed E-state index contributed by atoms with van der Waals surface area (Å²) in [4.78, 5) is 10.6. The van der Waals surface area contributed by atoms with E-state index in [9.17, 15) is 14.5 Å². The van der Waals surface area contributed by atoms with Gasteiger partial charge in [-0.3, -0.25) is 10.1 Å². The molecule has 7 heteroatoms. The first-order valence-corrected chi connectivity index (χ1v) is 7.82. The molecule has 0 aliphatic carbocycles. The summed E-state index contributed by atoms with van der Waals surface area (Å²) in [7, 11) is 0. The summed E-state index contributed by atoms with van der Waals surface area (Å²) in [5, 5.41) is 11.6. The van der Waals surface area contributed by atoms with Crippen molar-refractivity contribution in [3.63, 3.8) is 0 Å². The quantitative estimate of drug-likeness (QED) is 0.391. The highest BCUT2D eigenvalue weighted by Gasteiger charge is 2.16. The van der Waals surface area contributed by atoms with Gasteiger partial charge in [-0.2, -0.15) is 0 Å². The van der Waals surface area contributed by atoms with Crippen LogP contribution >= 0.6 is 31.9 Å². The fourth-order valence-electron chi connectivity index (χ4n) is 1.70. The second-order valence-corrected chi connectivity index (χ2v) is 5.65. The van der Waals surface area contributed by atoms with E-state index < -0.39 is 4.92 Å². The maximum atomic E-state index is 13.1. The minimum absolute atomic E-state index is 0.0897. The zero-order chi connectivity index (χ0) is 15.4. The first-order chi connectivity index (χ1) is 10.0. The number of benzene rings is 2. The van der Waals surface area contributed by atoms with Crippen molar-refractivity contribution in [2.75, 3.05) is 0 Å². The Kier molecular flexibility index (Phi) is 5.30. The first-order valence-electron chi connectivity index (χ1n) is 5.91. The lowest BCUT2D eigenvalue weighted by molar-refractivity contribution is -0.386. The van der Waals surface area contributed by atoms with E-state index in [4.69, 9.17) is 4.74 Å². The minimum Gasteiger partial charge on any atom is -0.482 e. The predicted octanol–water partition coefficient (Wildman–Crippen LogP) is 4.97. The van der Waals surface area contributed by atoms with Crippen LogP contribution in [0.25, 0.3) is 0 Å². The zero-order valence-corrected chi connectivity index (χ0v) is 13.9. The van der Waals surface area contributed by atoms with E-state index in [0.29, 0.717) is 15.4 Å². The van der Waals surface area contributed by atoms with Crippen molar-refractivity contribution in [3.8, 4) is 5.75 Å². The van der Waals surface area contributed by atoms with Crippen molar-refractivity contribution < 1.29 is 14.1 Å². The van der Waals surface area contributed by atoms with Crippen molar-refractivity contribution >= 4 is 37.5 Å². The van der Waals surface area contributed by atoms with Gasteiger partial charge in [0, 0.05) is 11.4 Å². The smallest absolute Gasteiger partial charge is 0.311 e. The Morgan fingerprint density at radius 3 is 2.52 bits per heavy atom. The lowest BCUT2D eigenvalue weighted by Gasteiger charge is -2.08. The molecule has 0 radical (unpaired) electrons. The van der Waals surface area contributed by atoms with Crippen LogP contribution in [0.1, 0.15) is 11.1 Å². The van der Waals surface area contributed by atoms with Gasteiger partial charge in [0.15, 0.2) is 5.75 Å². The molecule has 4 nitrogen and oxygen atoms in total. The van der Waals surface area contributed by atoms with E-state index in [-0.39, 0.29) is 23.9 Å².